The molecule has 186 valence electrons. The summed E-state index contributed by atoms with van der Waals surface area (Å²) in [6.45, 7) is 14.2. The van der Waals surface area contributed by atoms with Gasteiger partial charge in [-0.2, -0.15) is 34.1 Å². The molecular weight excluding hydrogens is 464 g/mol. The van der Waals surface area contributed by atoms with Gasteiger partial charge in [0.15, 0.2) is 24.9 Å². The number of ether oxygens (including phenoxy) is 4. The molecular formula is C18H34N4O8S2. The number of rotatable bonds is 5. The van der Waals surface area contributed by atoms with Gasteiger partial charge < -0.3 is 18.9 Å². The molecule has 4 atom stereocenters. The fourth-order valence-corrected chi connectivity index (χ4v) is 9.10. The second kappa shape index (κ2) is 8.07. The maximum Gasteiger partial charge on any atom is 0.287 e. The molecule has 0 aliphatic carbocycles. The molecule has 14 heteroatoms. The molecule has 0 spiro atoms. The van der Waals surface area contributed by atoms with E-state index in [-0.39, 0.29) is 24.2 Å². The van der Waals surface area contributed by atoms with Crippen LogP contribution >= 0.6 is 0 Å². The van der Waals surface area contributed by atoms with E-state index < -0.39 is 57.9 Å². The van der Waals surface area contributed by atoms with Crippen molar-refractivity contribution in [2.24, 2.45) is 0 Å². The molecule has 0 aromatic rings. The maximum atomic E-state index is 13.0. The zero-order valence-electron chi connectivity index (χ0n) is 19.6. The van der Waals surface area contributed by atoms with E-state index in [0.29, 0.717) is 0 Å². The van der Waals surface area contributed by atoms with Crippen molar-refractivity contribution in [3.63, 3.8) is 0 Å². The normalized spacial score (nSPS) is 37.0. The third kappa shape index (κ3) is 3.46. The minimum Gasteiger partial charge on any atom is -0.324 e. The van der Waals surface area contributed by atoms with Gasteiger partial charge in [0.05, 0.1) is 0 Å². The van der Waals surface area contributed by atoms with Gasteiger partial charge in [-0.15, -0.1) is 0 Å². The van der Waals surface area contributed by atoms with Crippen molar-refractivity contribution in [2.45, 2.75) is 117 Å². The molecule has 0 bridgehead atoms. The first-order chi connectivity index (χ1) is 14.7. The average molecular weight is 499 g/mol. The van der Waals surface area contributed by atoms with Gasteiger partial charge >= 0.3 is 0 Å². The van der Waals surface area contributed by atoms with Crippen molar-refractivity contribution in [1.29, 1.82) is 0 Å². The Morgan fingerprint density at radius 2 is 0.656 bits per heavy atom. The molecule has 0 saturated carbocycles. The monoisotopic (exact) mass is 498 g/mol. The van der Waals surface area contributed by atoms with E-state index in [1.807, 2.05) is 0 Å². The van der Waals surface area contributed by atoms with E-state index in [1.54, 1.807) is 55.4 Å². The van der Waals surface area contributed by atoms with Crippen LogP contribution in [0.15, 0.2) is 0 Å². The number of fused-ring (bicyclic) bond motifs is 2. The minimum atomic E-state index is -3.76. The summed E-state index contributed by atoms with van der Waals surface area (Å²) >= 11 is 0. The molecule has 0 aromatic heterocycles. The van der Waals surface area contributed by atoms with Gasteiger partial charge in [0.2, 0.25) is 12.6 Å². The summed E-state index contributed by atoms with van der Waals surface area (Å²) in [5.74, 6) is 0. The summed E-state index contributed by atoms with van der Waals surface area (Å²) in [6.07, 6.45) is -5.45. The first-order valence-electron chi connectivity index (χ1n) is 11.0. The van der Waals surface area contributed by atoms with Crippen LogP contribution < -0.4 is 0 Å². The number of hydrogen-bond acceptors (Lipinski definition) is 8. The Hall–Kier alpha value is -0.420. The second-order valence-corrected chi connectivity index (χ2v) is 13.0. The standard InChI is InChI=1S/C18H34N4O8S2/c1-9(2)19-13-14(20(10(3)4)31(19,23)24)28-17(27-13)18-29-15-16(30-18)22(12(7)8)32(25,26)21(15)11(5)6/h9-18H,1-8H3/t13-,14-,15-,16-/m1/s1. The molecule has 32 heavy (non-hydrogen) atoms. The van der Waals surface area contributed by atoms with Gasteiger partial charge in [0, 0.05) is 24.2 Å². The average Bonchev–Trinajstić information content (AvgIpc) is 3.27. The van der Waals surface area contributed by atoms with E-state index in [1.165, 1.54) is 17.2 Å². The summed E-state index contributed by atoms with van der Waals surface area (Å²) in [7, 11) is -7.53. The Balaban J connectivity index is 1.59. The maximum absolute atomic E-state index is 13.0. The largest absolute Gasteiger partial charge is 0.324 e. The van der Waals surface area contributed by atoms with Crippen LogP contribution in [0.1, 0.15) is 55.4 Å². The van der Waals surface area contributed by atoms with Crippen LogP contribution in [0.25, 0.3) is 0 Å². The van der Waals surface area contributed by atoms with Crippen LogP contribution in [0.4, 0.5) is 0 Å². The minimum absolute atomic E-state index is 0.346. The highest BCUT2D eigenvalue weighted by Crippen LogP contribution is 2.44. The van der Waals surface area contributed by atoms with Crippen LogP contribution in [0.5, 0.6) is 0 Å². The molecule has 4 aliphatic rings. The Labute approximate surface area is 190 Å². The highest BCUT2D eigenvalue weighted by atomic mass is 32.2. The summed E-state index contributed by atoms with van der Waals surface area (Å²) in [5.41, 5.74) is 0. The Kier molecular flexibility index (Phi) is 6.23. The summed E-state index contributed by atoms with van der Waals surface area (Å²) in [6, 6.07) is -1.38. The molecule has 0 aromatic carbocycles. The van der Waals surface area contributed by atoms with Crippen molar-refractivity contribution >= 4 is 20.4 Å². The molecule has 4 fully saturated rings. The van der Waals surface area contributed by atoms with Crippen LogP contribution in [-0.2, 0) is 39.4 Å². The lowest BCUT2D eigenvalue weighted by Gasteiger charge is -2.30. The molecule has 4 heterocycles. The molecule has 12 nitrogen and oxygen atoms in total. The van der Waals surface area contributed by atoms with Gasteiger partial charge in [-0.3, -0.25) is 0 Å². The topological polar surface area (TPSA) is 118 Å². The van der Waals surface area contributed by atoms with Crippen LogP contribution in [0.2, 0.25) is 0 Å². The quantitative estimate of drug-likeness (QED) is 0.534. The lowest BCUT2D eigenvalue weighted by Crippen LogP contribution is -2.47. The molecule has 4 rings (SSSR count). The van der Waals surface area contributed by atoms with Gasteiger partial charge in [0.25, 0.3) is 20.4 Å². The first-order valence-corrected chi connectivity index (χ1v) is 13.8. The summed E-state index contributed by atoms with van der Waals surface area (Å²) in [4.78, 5) is 0. The molecule has 0 unspecified atom stereocenters. The highest BCUT2D eigenvalue weighted by Gasteiger charge is 2.65. The lowest BCUT2D eigenvalue weighted by atomic mass is 10.3. The van der Waals surface area contributed by atoms with E-state index in [4.69, 9.17) is 18.9 Å². The summed E-state index contributed by atoms with van der Waals surface area (Å²) in [5, 5.41) is 0. The van der Waals surface area contributed by atoms with E-state index >= 15 is 0 Å². The van der Waals surface area contributed by atoms with Crippen molar-refractivity contribution in [2.75, 3.05) is 0 Å². The van der Waals surface area contributed by atoms with Gasteiger partial charge in [-0.1, -0.05) is 0 Å². The fraction of sp³-hybridized carbons (Fsp3) is 1.00. The van der Waals surface area contributed by atoms with Gasteiger partial charge in [-0.25, -0.2) is 0 Å². The fourth-order valence-electron chi connectivity index (χ4n) is 4.87. The predicted molar refractivity (Wildman–Crippen MR) is 113 cm³/mol. The van der Waals surface area contributed by atoms with Crippen LogP contribution in [0, 0.1) is 0 Å². The Bertz CT molecular complexity index is 805. The van der Waals surface area contributed by atoms with Gasteiger partial charge in [-0.05, 0) is 55.4 Å². The molecule has 0 radical (unpaired) electrons. The van der Waals surface area contributed by atoms with Crippen molar-refractivity contribution in [3.8, 4) is 0 Å². The first kappa shape index (κ1) is 24.7. The number of nitrogens with zero attached hydrogens (tertiary/aromatic N) is 4. The van der Waals surface area contributed by atoms with Crippen LogP contribution in [0.3, 0.4) is 0 Å². The van der Waals surface area contributed by atoms with E-state index in [9.17, 15) is 16.8 Å². The Morgan fingerprint density at radius 3 is 0.812 bits per heavy atom. The van der Waals surface area contributed by atoms with Gasteiger partial charge in [0.1, 0.15) is 0 Å². The van der Waals surface area contributed by atoms with E-state index in [2.05, 4.69) is 0 Å². The SMILES string of the molecule is CC(C)N1[C@@H]2OC(C3O[C@@H]4[C@@H](O3)N(C(C)C)S(=O)(=O)N4C(C)C)O[C@H]2N(C(C)C)S1(=O)=O. The van der Waals surface area contributed by atoms with Crippen molar-refractivity contribution in [1.82, 2.24) is 17.2 Å². The molecule has 0 amide bonds. The predicted octanol–water partition coefficient (Wildman–Crippen LogP) is 0.395. The van der Waals surface area contributed by atoms with Crippen LogP contribution in [-0.4, -0.2) is 95.7 Å². The summed E-state index contributed by atoms with van der Waals surface area (Å²) < 4.78 is 81.4. The van der Waals surface area contributed by atoms with Crippen molar-refractivity contribution < 1.29 is 35.8 Å². The zero-order chi connectivity index (χ0) is 23.9. The second-order valence-electron chi connectivity index (χ2n) is 9.55. The third-order valence-corrected chi connectivity index (χ3v) is 10.6. The highest BCUT2D eigenvalue weighted by molar-refractivity contribution is 7.87. The molecule has 0 N–H and O–H groups in total. The molecule has 4 aliphatic heterocycles. The van der Waals surface area contributed by atoms with Crippen molar-refractivity contribution in [3.05, 3.63) is 0 Å². The van der Waals surface area contributed by atoms with E-state index in [0.717, 1.165) is 0 Å². The zero-order valence-corrected chi connectivity index (χ0v) is 21.3. The molecule has 4 saturated heterocycles. The third-order valence-electron chi connectivity index (χ3n) is 5.91. The smallest absolute Gasteiger partial charge is 0.287 e. The lowest BCUT2D eigenvalue weighted by molar-refractivity contribution is -0.239. The number of hydrogen-bond donors (Lipinski definition) is 0. The Morgan fingerprint density at radius 1 is 0.469 bits per heavy atom.